The summed E-state index contributed by atoms with van der Waals surface area (Å²) < 4.78 is 10.8. The summed E-state index contributed by atoms with van der Waals surface area (Å²) >= 11 is 0. The minimum absolute atomic E-state index is 0.460. The Morgan fingerprint density at radius 1 is 1.11 bits per heavy atom. The maximum absolute atomic E-state index is 11.5. The van der Waals surface area contributed by atoms with Gasteiger partial charge in [0.2, 0.25) is 0 Å². The minimum atomic E-state index is -0.460. The predicted octanol–water partition coefficient (Wildman–Crippen LogP) is 3.56. The Morgan fingerprint density at radius 3 is 2.16 bits per heavy atom. The quantitative estimate of drug-likeness (QED) is 0.478. The Kier molecular flexibility index (Phi) is 3.56. The summed E-state index contributed by atoms with van der Waals surface area (Å²) in [6.45, 7) is 7.29. The lowest BCUT2D eigenvalue weighted by atomic mass is 9.99. The van der Waals surface area contributed by atoms with Gasteiger partial charge in [-0.05, 0) is 25.0 Å². The van der Waals surface area contributed by atoms with Gasteiger partial charge < -0.3 is 9.47 Å². The summed E-state index contributed by atoms with van der Waals surface area (Å²) in [6.07, 6.45) is 1.16. The van der Waals surface area contributed by atoms with Crippen molar-refractivity contribution in [1.29, 1.82) is 0 Å². The molecule has 0 saturated carbocycles. The molecular formula is C16H16O3. The molecule has 0 unspecified atom stereocenters. The van der Waals surface area contributed by atoms with Crippen LogP contribution in [0.4, 0.5) is 0 Å². The zero-order chi connectivity index (χ0) is 14.0. The van der Waals surface area contributed by atoms with E-state index >= 15 is 0 Å². The van der Waals surface area contributed by atoms with E-state index in [0.29, 0.717) is 5.75 Å². The summed E-state index contributed by atoms with van der Waals surface area (Å²) in [5.41, 5.74) is 1.86. The Morgan fingerprint density at radius 2 is 1.63 bits per heavy atom. The highest BCUT2D eigenvalue weighted by Crippen LogP contribution is 2.39. The number of methoxy groups -OCH3 is 1. The van der Waals surface area contributed by atoms with Crippen molar-refractivity contribution < 1.29 is 14.3 Å². The van der Waals surface area contributed by atoms with Gasteiger partial charge in [0.1, 0.15) is 11.5 Å². The van der Waals surface area contributed by atoms with E-state index in [4.69, 9.17) is 9.47 Å². The number of fused-ring (bicyclic) bond motifs is 1. The first kappa shape index (κ1) is 13.1. The van der Waals surface area contributed by atoms with Gasteiger partial charge in [-0.2, -0.15) is 0 Å². The first-order valence-electron chi connectivity index (χ1n) is 6.00. The fraction of sp³-hybridized carbons (Fsp3) is 0.188. The number of ether oxygens (including phenoxy) is 2. The zero-order valence-corrected chi connectivity index (χ0v) is 11.3. The van der Waals surface area contributed by atoms with E-state index in [9.17, 15) is 4.79 Å². The van der Waals surface area contributed by atoms with Crippen LogP contribution in [0.2, 0.25) is 0 Å². The Bertz CT molecular complexity index is 657. The molecule has 0 bridgehead atoms. The van der Waals surface area contributed by atoms with Crippen molar-refractivity contribution in [3.63, 3.8) is 0 Å². The summed E-state index contributed by atoms with van der Waals surface area (Å²) in [5, 5.41) is 1.79. The number of rotatable bonds is 3. The Labute approximate surface area is 112 Å². The summed E-state index contributed by atoms with van der Waals surface area (Å²) in [4.78, 5) is 11.5. The molecule has 19 heavy (non-hydrogen) atoms. The largest absolute Gasteiger partial charge is 0.496 e. The molecule has 0 aliphatic heterocycles. The van der Waals surface area contributed by atoms with Crippen LogP contribution in [0.1, 0.15) is 11.1 Å². The van der Waals surface area contributed by atoms with Crippen LogP contribution in [0.25, 0.3) is 10.8 Å². The summed E-state index contributed by atoms with van der Waals surface area (Å²) in [5.74, 6) is 0.920. The van der Waals surface area contributed by atoms with Crippen molar-refractivity contribution in [2.45, 2.75) is 13.8 Å². The highest BCUT2D eigenvalue weighted by atomic mass is 16.5. The van der Waals surface area contributed by atoms with Crippen molar-refractivity contribution in [2.75, 3.05) is 7.11 Å². The molecule has 3 nitrogen and oxygen atoms in total. The van der Waals surface area contributed by atoms with Crippen LogP contribution in [-0.4, -0.2) is 13.1 Å². The average molecular weight is 256 g/mol. The zero-order valence-electron chi connectivity index (χ0n) is 11.3. The van der Waals surface area contributed by atoms with E-state index in [0.717, 1.165) is 33.7 Å². The van der Waals surface area contributed by atoms with Crippen molar-refractivity contribution >= 4 is 16.7 Å². The van der Waals surface area contributed by atoms with Crippen molar-refractivity contribution in [3.8, 4) is 11.5 Å². The highest BCUT2D eigenvalue weighted by molar-refractivity contribution is 5.98. The second-order valence-electron chi connectivity index (χ2n) is 4.28. The van der Waals surface area contributed by atoms with Crippen LogP contribution in [0.15, 0.2) is 36.9 Å². The molecule has 0 saturated heterocycles. The van der Waals surface area contributed by atoms with Gasteiger partial charge in [0, 0.05) is 16.8 Å². The molecule has 0 aliphatic rings. The molecule has 0 radical (unpaired) electrons. The molecule has 0 spiro atoms. The molecule has 0 N–H and O–H groups in total. The molecule has 0 aromatic heterocycles. The summed E-state index contributed by atoms with van der Waals surface area (Å²) in [7, 11) is 1.64. The van der Waals surface area contributed by atoms with Crippen molar-refractivity contribution in [1.82, 2.24) is 0 Å². The van der Waals surface area contributed by atoms with E-state index in [1.165, 1.54) is 0 Å². The molecule has 0 heterocycles. The van der Waals surface area contributed by atoms with Gasteiger partial charge in [-0.1, -0.05) is 30.8 Å². The van der Waals surface area contributed by atoms with Crippen LogP contribution in [0, 0.1) is 13.8 Å². The third-order valence-electron chi connectivity index (χ3n) is 3.23. The second kappa shape index (κ2) is 5.14. The van der Waals surface area contributed by atoms with Crippen LogP contribution >= 0.6 is 0 Å². The predicted molar refractivity (Wildman–Crippen MR) is 75.8 cm³/mol. The molecule has 3 heteroatoms. The van der Waals surface area contributed by atoms with Gasteiger partial charge in [0.25, 0.3) is 0 Å². The number of hydrogen-bond donors (Lipinski definition) is 0. The maximum Gasteiger partial charge on any atom is 0.335 e. The first-order valence-corrected chi connectivity index (χ1v) is 6.00. The molecule has 0 aliphatic carbocycles. The number of carbonyl (C=O) groups is 1. The van der Waals surface area contributed by atoms with Crippen LogP contribution in [-0.2, 0) is 4.79 Å². The maximum atomic E-state index is 11.5. The van der Waals surface area contributed by atoms with E-state index in [-0.39, 0.29) is 0 Å². The monoisotopic (exact) mass is 256 g/mol. The van der Waals surface area contributed by atoms with Gasteiger partial charge >= 0.3 is 5.97 Å². The number of carbonyl (C=O) groups excluding carboxylic acids is 1. The molecule has 2 rings (SSSR count). The van der Waals surface area contributed by atoms with E-state index < -0.39 is 5.97 Å². The van der Waals surface area contributed by atoms with Crippen LogP contribution in [0.5, 0.6) is 11.5 Å². The third kappa shape index (κ3) is 2.19. The normalized spacial score (nSPS) is 10.3. The molecule has 98 valence electrons. The fourth-order valence-corrected chi connectivity index (χ4v) is 2.16. The van der Waals surface area contributed by atoms with E-state index in [1.807, 2.05) is 38.1 Å². The third-order valence-corrected chi connectivity index (χ3v) is 3.23. The number of esters is 1. The lowest BCUT2D eigenvalue weighted by Gasteiger charge is -2.16. The second-order valence-corrected chi connectivity index (χ2v) is 4.28. The molecule has 0 amide bonds. The molecule has 2 aromatic carbocycles. The molecular weight excluding hydrogens is 240 g/mol. The van der Waals surface area contributed by atoms with Crippen molar-refractivity contribution in [2.24, 2.45) is 0 Å². The lowest BCUT2D eigenvalue weighted by molar-refractivity contribution is -0.128. The van der Waals surface area contributed by atoms with E-state index in [2.05, 4.69) is 6.58 Å². The van der Waals surface area contributed by atoms with Gasteiger partial charge in [0.05, 0.1) is 7.11 Å². The molecule has 0 fully saturated rings. The lowest BCUT2D eigenvalue weighted by Crippen LogP contribution is -2.06. The fourth-order valence-electron chi connectivity index (χ4n) is 2.16. The topological polar surface area (TPSA) is 35.5 Å². The minimum Gasteiger partial charge on any atom is -0.496 e. The van der Waals surface area contributed by atoms with Gasteiger partial charge in [-0.15, -0.1) is 0 Å². The van der Waals surface area contributed by atoms with Gasteiger partial charge in [-0.25, -0.2) is 4.79 Å². The van der Waals surface area contributed by atoms with Crippen molar-refractivity contribution in [3.05, 3.63) is 48.0 Å². The van der Waals surface area contributed by atoms with Gasteiger partial charge in [-0.3, -0.25) is 0 Å². The van der Waals surface area contributed by atoms with Gasteiger partial charge in [0.15, 0.2) is 0 Å². The number of hydrogen-bond acceptors (Lipinski definition) is 3. The SMILES string of the molecule is C=CC(=O)Oc1c(C)c(C)c(OC)c2ccccc12. The summed E-state index contributed by atoms with van der Waals surface area (Å²) in [6, 6.07) is 7.70. The Balaban J connectivity index is 2.79. The van der Waals surface area contributed by atoms with Crippen LogP contribution < -0.4 is 9.47 Å². The highest BCUT2D eigenvalue weighted by Gasteiger charge is 2.16. The first-order chi connectivity index (χ1) is 9.10. The smallest absolute Gasteiger partial charge is 0.335 e. The molecule has 0 atom stereocenters. The average Bonchev–Trinajstić information content (AvgIpc) is 2.44. The van der Waals surface area contributed by atoms with E-state index in [1.54, 1.807) is 7.11 Å². The molecule has 2 aromatic rings. The number of benzene rings is 2. The van der Waals surface area contributed by atoms with Crippen LogP contribution in [0.3, 0.4) is 0 Å². The standard InChI is InChI=1S/C16H16O3/c1-5-14(17)19-16-11(3)10(2)15(18-4)12-8-6-7-9-13(12)16/h5-9H,1H2,2-4H3. The Hall–Kier alpha value is -2.29.